The van der Waals surface area contributed by atoms with E-state index in [0.717, 1.165) is 11.3 Å². The molecule has 0 aliphatic carbocycles. The van der Waals surface area contributed by atoms with Crippen LogP contribution in [-0.4, -0.2) is 25.7 Å². The molecule has 0 radical (unpaired) electrons. The molecule has 6 nitrogen and oxygen atoms in total. The van der Waals surface area contributed by atoms with Crippen molar-refractivity contribution in [2.75, 3.05) is 0 Å². The number of rotatable bonds is 3. The van der Waals surface area contributed by atoms with Gasteiger partial charge in [0, 0.05) is 0 Å². The molecule has 0 aliphatic heterocycles. The van der Waals surface area contributed by atoms with Crippen molar-refractivity contribution < 1.29 is 0 Å². The van der Waals surface area contributed by atoms with E-state index in [-0.39, 0.29) is 11.0 Å². The Morgan fingerprint density at radius 2 is 1.71 bits per heavy atom. The summed E-state index contributed by atoms with van der Waals surface area (Å²) in [5.74, 6) is 0. The number of fused-ring (bicyclic) bond motifs is 1. The van der Waals surface area contributed by atoms with Crippen LogP contribution in [0.4, 0.5) is 0 Å². The first-order valence-electron chi connectivity index (χ1n) is 9.09. The maximum Gasteiger partial charge on any atom is 0.285 e. The Bertz CT molecular complexity index is 1200. The van der Waals surface area contributed by atoms with E-state index in [1.807, 2.05) is 42.5 Å². The van der Waals surface area contributed by atoms with Gasteiger partial charge in [-0.05, 0) is 28.7 Å². The van der Waals surface area contributed by atoms with E-state index in [4.69, 9.17) is 0 Å². The minimum Gasteiger partial charge on any atom is -0.266 e. The molecule has 0 saturated carbocycles. The van der Waals surface area contributed by atoms with Crippen molar-refractivity contribution in [1.29, 1.82) is 0 Å². The standard InChI is InChI=1S/C22H21N5O/c1-22(2,3)17-11-9-16(10-12-17)13-24-26-15-23-20-19(21(26)28)14-25-27(20)18-7-5-4-6-8-18/h4-15H,1-3H3/b24-13-. The highest BCUT2D eigenvalue weighted by molar-refractivity contribution is 5.80. The molecule has 0 bridgehead atoms. The minimum atomic E-state index is -0.255. The van der Waals surface area contributed by atoms with Gasteiger partial charge in [0.15, 0.2) is 5.65 Å². The van der Waals surface area contributed by atoms with E-state index in [1.54, 1.807) is 10.9 Å². The molecule has 0 fully saturated rings. The van der Waals surface area contributed by atoms with Crippen LogP contribution in [0.1, 0.15) is 31.9 Å². The van der Waals surface area contributed by atoms with Crippen molar-refractivity contribution in [3.8, 4) is 5.69 Å². The molecule has 28 heavy (non-hydrogen) atoms. The molecule has 0 unspecified atom stereocenters. The smallest absolute Gasteiger partial charge is 0.266 e. The van der Waals surface area contributed by atoms with Crippen molar-refractivity contribution >= 4 is 17.2 Å². The van der Waals surface area contributed by atoms with Crippen molar-refractivity contribution in [3.63, 3.8) is 0 Å². The third-order valence-electron chi connectivity index (χ3n) is 4.58. The second-order valence-corrected chi connectivity index (χ2v) is 7.64. The zero-order valence-corrected chi connectivity index (χ0v) is 16.1. The predicted octanol–water partition coefficient (Wildman–Crippen LogP) is 3.76. The van der Waals surface area contributed by atoms with Crippen LogP contribution in [0.2, 0.25) is 0 Å². The van der Waals surface area contributed by atoms with Gasteiger partial charge < -0.3 is 0 Å². The number of aromatic nitrogens is 4. The number of hydrogen-bond donors (Lipinski definition) is 0. The van der Waals surface area contributed by atoms with Crippen LogP contribution >= 0.6 is 0 Å². The molecule has 0 aliphatic rings. The molecular formula is C22H21N5O. The molecule has 4 aromatic rings. The summed E-state index contributed by atoms with van der Waals surface area (Å²) in [6.45, 7) is 6.52. The molecule has 0 atom stereocenters. The van der Waals surface area contributed by atoms with Crippen LogP contribution in [0.3, 0.4) is 0 Å². The topological polar surface area (TPSA) is 65.1 Å². The quantitative estimate of drug-likeness (QED) is 0.515. The lowest BCUT2D eigenvalue weighted by molar-refractivity contribution is 0.590. The monoisotopic (exact) mass is 371 g/mol. The number of hydrogen-bond acceptors (Lipinski definition) is 4. The molecule has 0 spiro atoms. The normalized spacial score (nSPS) is 12.1. The highest BCUT2D eigenvalue weighted by Gasteiger charge is 2.13. The molecule has 0 N–H and O–H groups in total. The van der Waals surface area contributed by atoms with E-state index < -0.39 is 0 Å². The molecule has 140 valence electrons. The lowest BCUT2D eigenvalue weighted by atomic mass is 9.87. The van der Waals surface area contributed by atoms with E-state index in [9.17, 15) is 4.79 Å². The molecule has 2 aromatic heterocycles. The fourth-order valence-corrected chi connectivity index (χ4v) is 2.94. The number of nitrogens with zero attached hydrogens (tertiary/aromatic N) is 5. The molecule has 0 saturated heterocycles. The SMILES string of the molecule is CC(C)(C)c1ccc(/C=N\n2cnc3c(cnn3-c3ccccc3)c2=O)cc1. The second kappa shape index (κ2) is 6.88. The van der Waals surface area contributed by atoms with Gasteiger partial charge in [-0.3, -0.25) is 4.79 Å². The Labute approximate surface area is 162 Å². The van der Waals surface area contributed by atoms with E-state index >= 15 is 0 Å². The predicted molar refractivity (Wildman–Crippen MR) is 111 cm³/mol. The van der Waals surface area contributed by atoms with Crippen LogP contribution in [0.15, 0.2) is 77.0 Å². The van der Waals surface area contributed by atoms with Crippen molar-refractivity contribution in [2.24, 2.45) is 5.10 Å². The summed E-state index contributed by atoms with van der Waals surface area (Å²) in [4.78, 5) is 17.1. The van der Waals surface area contributed by atoms with Gasteiger partial charge >= 0.3 is 0 Å². The zero-order valence-electron chi connectivity index (χ0n) is 16.1. The first-order chi connectivity index (χ1) is 13.4. The maximum atomic E-state index is 12.7. The van der Waals surface area contributed by atoms with Gasteiger partial charge in [0.2, 0.25) is 0 Å². The second-order valence-electron chi connectivity index (χ2n) is 7.64. The summed E-state index contributed by atoms with van der Waals surface area (Å²) in [7, 11) is 0. The van der Waals surface area contributed by atoms with Crippen LogP contribution < -0.4 is 5.56 Å². The van der Waals surface area contributed by atoms with Gasteiger partial charge in [-0.25, -0.2) is 9.67 Å². The van der Waals surface area contributed by atoms with Crippen molar-refractivity contribution in [1.82, 2.24) is 19.4 Å². The van der Waals surface area contributed by atoms with Gasteiger partial charge in [-0.2, -0.15) is 14.9 Å². The highest BCUT2D eigenvalue weighted by Crippen LogP contribution is 2.21. The third-order valence-corrected chi connectivity index (χ3v) is 4.58. The summed E-state index contributed by atoms with van der Waals surface area (Å²) >= 11 is 0. The van der Waals surface area contributed by atoms with Crippen LogP contribution in [0.5, 0.6) is 0 Å². The fraction of sp³-hybridized carbons (Fsp3) is 0.182. The summed E-state index contributed by atoms with van der Waals surface area (Å²) in [6.07, 6.45) is 4.61. The van der Waals surface area contributed by atoms with E-state index in [2.05, 4.69) is 48.1 Å². The third kappa shape index (κ3) is 3.36. The summed E-state index contributed by atoms with van der Waals surface area (Å²) in [5.41, 5.74) is 3.37. The first kappa shape index (κ1) is 17.9. The van der Waals surface area contributed by atoms with Gasteiger partial charge in [-0.15, -0.1) is 0 Å². The molecular weight excluding hydrogens is 350 g/mol. The van der Waals surface area contributed by atoms with Gasteiger partial charge in [0.05, 0.1) is 18.1 Å². The number of para-hydroxylation sites is 1. The summed E-state index contributed by atoms with van der Waals surface area (Å²) in [6, 6.07) is 17.7. The largest absolute Gasteiger partial charge is 0.285 e. The molecule has 6 heteroatoms. The van der Waals surface area contributed by atoms with Crippen molar-refractivity contribution in [3.05, 3.63) is 88.6 Å². The maximum absolute atomic E-state index is 12.7. The van der Waals surface area contributed by atoms with Crippen LogP contribution in [0.25, 0.3) is 16.7 Å². The lowest BCUT2D eigenvalue weighted by Gasteiger charge is -2.18. The summed E-state index contributed by atoms with van der Waals surface area (Å²) in [5, 5.41) is 9.01. The van der Waals surface area contributed by atoms with Gasteiger partial charge in [0.25, 0.3) is 5.56 Å². The summed E-state index contributed by atoms with van der Waals surface area (Å²) < 4.78 is 2.88. The first-order valence-corrected chi connectivity index (χ1v) is 9.09. The Hall–Kier alpha value is -3.54. The van der Waals surface area contributed by atoms with Crippen LogP contribution in [-0.2, 0) is 5.41 Å². The highest BCUT2D eigenvalue weighted by atomic mass is 16.1. The Morgan fingerprint density at radius 3 is 2.39 bits per heavy atom. The average Bonchev–Trinajstić information content (AvgIpc) is 3.13. The minimum absolute atomic E-state index is 0.0977. The van der Waals surface area contributed by atoms with Gasteiger partial charge in [0.1, 0.15) is 11.7 Å². The Balaban J connectivity index is 1.66. The van der Waals surface area contributed by atoms with E-state index in [1.165, 1.54) is 22.8 Å². The fourth-order valence-electron chi connectivity index (χ4n) is 2.94. The zero-order chi connectivity index (χ0) is 19.7. The van der Waals surface area contributed by atoms with Crippen molar-refractivity contribution in [2.45, 2.75) is 26.2 Å². The number of benzene rings is 2. The van der Waals surface area contributed by atoms with Crippen LogP contribution in [0, 0.1) is 0 Å². The average molecular weight is 371 g/mol. The molecule has 2 heterocycles. The van der Waals surface area contributed by atoms with Gasteiger partial charge in [-0.1, -0.05) is 63.2 Å². The molecule has 2 aromatic carbocycles. The lowest BCUT2D eigenvalue weighted by Crippen LogP contribution is -2.17. The van der Waals surface area contributed by atoms with E-state index in [0.29, 0.717) is 11.0 Å². The Kier molecular flexibility index (Phi) is 4.39. The molecule has 0 amide bonds. The Morgan fingerprint density at radius 1 is 1.00 bits per heavy atom. The molecule has 4 rings (SSSR count).